The molecule has 1 fully saturated rings. The number of unbranched alkanes of at least 4 members (excludes halogenated alkanes) is 1. The molecule has 1 aromatic carbocycles. The number of Topliss-reactive ketones (excluding diaryl/α,β-unsaturated/α-hetero) is 1. The first-order valence-electron chi connectivity index (χ1n) is 9.90. The number of carbonyl (C=O) groups is 2. The van der Waals surface area contributed by atoms with Gasteiger partial charge < -0.3 is 19.2 Å². The van der Waals surface area contributed by atoms with Crippen molar-refractivity contribution in [1.82, 2.24) is 4.90 Å². The molecule has 1 N–H and O–H groups in total. The molecule has 0 radical (unpaired) electrons. The maximum atomic E-state index is 12.9. The molecular weight excluding hydrogens is 370 g/mol. The van der Waals surface area contributed by atoms with Gasteiger partial charge in [0.15, 0.2) is 0 Å². The Morgan fingerprint density at radius 3 is 2.62 bits per heavy atom. The normalized spacial score (nSPS) is 18.7. The summed E-state index contributed by atoms with van der Waals surface area (Å²) in [7, 11) is 1.59. The minimum Gasteiger partial charge on any atom is -0.507 e. The van der Waals surface area contributed by atoms with E-state index < -0.39 is 17.7 Å². The van der Waals surface area contributed by atoms with Crippen LogP contribution in [0.2, 0.25) is 0 Å². The predicted octanol–water partition coefficient (Wildman–Crippen LogP) is 4.63. The van der Waals surface area contributed by atoms with Gasteiger partial charge in [-0.25, -0.2) is 0 Å². The Hall–Kier alpha value is -3.02. The number of amides is 1. The number of aliphatic hydroxyl groups excluding tert-OH is 1. The first kappa shape index (κ1) is 20.7. The van der Waals surface area contributed by atoms with E-state index in [2.05, 4.69) is 0 Å². The third-order valence-electron chi connectivity index (χ3n) is 5.23. The molecule has 1 aliphatic rings. The summed E-state index contributed by atoms with van der Waals surface area (Å²) in [6.45, 7) is 6.48. The standard InChI is InChI=1S/C23H27NO5/c1-5-6-11-24-20(18-8-7-12-29-18)19(22(26)23(24)27)21(25)15-9-10-17(28-4)16(13-15)14(2)3/h7-10,12-14,20,25H,5-6,11H2,1-4H3/b21-19-. The van der Waals surface area contributed by atoms with Gasteiger partial charge >= 0.3 is 0 Å². The minimum absolute atomic E-state index is 0.0564. The van der Waals surface area contributed by atoms with Crippen molar-refractivity contribution in [1.29, 1.82) is 0 Å². The van der Waals surface area contributed by atoms with Gasteiger partial charge in [0.05, 0.1) is 18.9 Å². The number of hydrogen-bond acceptors (Lipinski definition) is 5. The van der Waals surface area contributed by atoms with Crippen LogP contribution in [-0.4, -0.2) is 35.4 Å². The maximum absolute atomic E-state index is 12.9. The minimum atomic E-state index is -0.735. The van der Waals surface area contributed by atoms with Crippen molar-refractivity contribution in [2.24, 2.45) is 0 Å². The van der Waals surface area contributed by atoms with Crippen molar-refractivity contribution in [2.45, 2.75) is 45.6 Å². The summed E-state index contributed by atoms with van der Waals surface area (Å²) in [5, 5.41) is 11.1. The fourth-order valence-corrected chi connectivity index (χ4v) is 3.67. The van der Waals surface area contributed by atoms with Crippen LogP contribution in [0.1, 0.15) is 62.5 Å². The highest BCUT2D eigenvalue weighted by atomic mass is 16.5. The van der Waals surface area contributed by atoms with Gasteiger partial charge in [-0.2, -0.15) is 0 Å². The van der Waals surface area contributed by atoms with E-state index in [0.29, 0.717) is 23.6 Å². The van der Waals surface area contributed by atoms with E-state index in [1.807, 2.05) is 20.8 Å². The number of carbonyl (C=O) groups excluding carboxylic acids is 2. The average molecular weight is 397 g/mol. The molecule has 0 bridgehead atoms. The van der Waals surface area contributed by atoms with Crippen molar-refractivity contribution in [3.8, 4) is 5.75 Å². The lowest BCUT2D eigenvalue weighted by molar-refractivity contribution is -0.140. The van der Waals surface area contributed by atoms with E-state index in [4.69, 9.17) is 9.15 Å². The molecule has 29 heavy (non-hydrogen) atoms. The van der Waals surface area contributed by atoms with Gasteiger partial charge in [0.1, 0.15) is 23.3 Å². The number of rotatable bonds is 7. The van der Waals surface area contributed by atoms with Crippen LogP contribution in [-0.2, 0) is 9.59 Å². The highest BCUT2D eigenvalue weighted by Crippen LogP contribution is 2.40. The smallest absolute Gasteiger partial charge is 0.295 e. The van der Waals surface area contributed by atoms with E-state index in [1.54, 1.807) is 37.4 Å². The zero-order chi connectivity index (χ0) is 21.1. The lowest BCUT2D eigenvalue weighted by Crippen LogP contribution is -2.30. The summed E-state index contributed by atoms with van der Waals surface area (Å²) in [5.74, 6) is -0.179. The fraction of sp³-hybridized carbons (Fsp3) is 0.391. The zero-order valence-electron chi connectivity index (χ0n) is 17.3. The Kier molecular flexibility index (Phi) is 6.11. The number of benzene rings is 1. The Balaban J connectivity index is 2.15. The Morgan fingerprint density at radius 2 is 2.03 bits per heavy atom. The van der Waals surface area contributed by atoms with Gasteiger partial charge in [-0.15, -0.1) is 0 Å². The molecule has 6 heteroatoms. The summed E-state index contributed by atoms with van der Waals surface area (Å²) < 4.78 is 10.9. The van der Waals surface area contributed by atoms with Crippen LogP contribution < -0.4 is 4.74 Å². The van der Waals surface area contributed by atoms with Gasteiger partial charge in [0.25, 0.3) is 11.7 Å². The number of ether oxygens (including phenoxy) is 1. The summed E-state index contributed by atoms with van der Waals surface area (Å²) >= 11 is 0. The fourth-order valence-electron chi connectivity index (χ4n) is 3.67. The molecule has 0 spiro atoms. The topological polar surface area (TPSA) is 80.0 Å². The molecule has 1 unspecified atom stereocenters. The third kappa shape index (κ3) is 3.79. The Labute approximate surface area is 170 Å². The van der Waals surface area contributed by atoms with Crippen LogP contribution in [0.4, 0.5) is 0 Å². The molecule has 2 heterocycles. The van der Waals surface area contributed by atoms with E-state index >= 15 is 0 Å². The van der Waals surface area contributed by atoms with E-state index in [-0.39, 0.29) is 17.3 Å². The molecule has 154 valence electrons. The number of methoxy groups -OCH3 is 1. The first-order valence-corrected chi connectivity index (χ1v) is 9.90. The van der Waals surface area contributed by atoms with Crippen LogP contribution >= 0.6 is 0 Å². The molecule has 6 nitrogen and oxygen atoms in total. The lowest BCUT2D eigenvalue weighted by atomic mass is 9.95. The number of aliphatic hydroxyl groups is 1. The monoisotopic (exact) mass is 397 g/mol. The van der Waals surface area contributed by atoms with Gasteiger partial charge in [-0.05, 0) is 48.2 Å². The lowest BCUT2D eigenvalue weighted by Gasteiger charge is -2.23. The van der Waals surface area contributed by atoms with Gasteiger partial charge in [0.2, 0.25) is 0 Å². The molecular formula is C23H27NO5. The van der Waals surface area contributed by atoms with E-state index in [9.17, 15) is 14.7 Å². The highest BCUT2D eigenvalue weighted by Gasteiger charge is 2.47. The van der Waals surface area contributed by atoms with Crippen molar-refractivity contribution >= 4 is 17.4 Å². The zero-order valence-corrected chi connectivity index (χ0v) is 17.3. The van der Waals surface area contributed by atoms with Crippen molar-refractivity contribution in [3.05, 3.63) is 59.1 Å². The van der Waals surface area contributed by atoms with Crippen molar-refractivity contribution in [3.63, 3.8) is 0 Å². The van der Waals surface area contributed by atoms with Crippen LogP contribution in [0.15, 0.2) is 46.6 Å². The Bertz CT molecular complexity index is 927. The van der Waals surface area contributed by atoms with Gasteiger partial charge in [-0.3, -0.25) is 9.59 Å². The molecule has 1 aliphatic heterocycles. The average Bonchev–Trinajstić information content (AvgIpc) is 3.33. The van der Waals surface area contributed by atoms with Crippen LogP contribution in [0.5, 0.6) is 5.75 Å². The first-order chi connectivity index (χ1) is 13.9. The third-order valence-corrected chi connectivity index (χ3v) is 5.23. The summed E-state index contributed by atoms with van der Waals surface area (Å²) in [6.07, 6.45) is 3.13. The number of nitrogens with zero attached hydrogens (tertiary/aromatic N) is 1. The number of ketones is 1. The molecule has 1 atom stereocenters. The molecule has 2 aromatic rings. The highest BCUT2D eigenvalue weighted by molar-refractivity contribution is 6.46. The predicted molar refractivity (Wildman–Crippen MR) is 110 cm³/mol. The molecule has 0 aliphatic carbocycles. The largest absolute Gasteiger partial charge is 0.507 e. The molecule has 1 saturated heterocycles. The molecule has 1 amide bonds. The van der Waals surface area contributed by atoms with Crippen molar-refractivity contribution in [2.75, 3.05) is 13.7 Å². The van der Waals surface area contributed by atoms with Gasteiger partial charge in [-0.1, -0.05) is 27.2 Å². The summed E-state index contributed by atoms with van der Waals surface area (Å²) in [6, 6.07) is 7.95. The summed E-state index contributed by atoms with van der Waals surface area (Å²) in [5.41, 5.74) is 1.44. The number of furan rings is 1. The second-order valence-electron chi connectivity index (χ2n) is 7.47. The SMILES string of the molecule is CCCCN1C(=O)C(=O)/C(=C(\O)c2ccc(OC)c(C(C)C)c2)C1c1ccco1. The Morgan fingerprint density at radius 1 is 1.28 bits per heavy atom. The van der Waals surface area contributed by atoms with Crippen LogP contribution in [0.25, 0.3) is 5.76 Å². The molecule has 0 saturated carbocycles. The van der Waals surface area contributed by atoms with Gasteiger partial charge in [0, 0.05) is 12.1 Å². The van der Waals surface area contributed by atoms with Crippen LogP contribution in [0, 0.1) is 0 Å². The second-order valence-corrected chi connectivity index (χ2v) is 7.47. The summed E-state index contributed by atoms with van der Waals surface area (Å²) in [4.78, 5) is 27.1. The van der Waals surface area contributed by atoms with E-state index in [1.165, 1.54) is 11.2 Å². The molecule has 1 aromatic heterocycles. The number of likely N-dealkylation sites (tertiary alicyclic amines) is 1. The second kappa shape index (κ2) is 8.55. The van der Waals surface area contributed by atoms with Crippen LogP contribution in [0.3, 0.4) is 0 Å². The quantitative estimate of drug-likeness (QED) is 0.418. The van der Waals surface area contributed by atoms with E-state index in [0.717, 1.165) is 18.4 Å². The molecule has 3 rings (SSSR count). The number of hydrogen-bond donors (Lipinski definition) is 1. The van der Waals surface area contributed by atoms with Crippen molar-refractivity contribution < 1.29 is 23.8 Å². The maximum Gasteiger partial charge on any atom is 0.295 e.